The summed E-state index contributed by atoms with van der Waals surface area (Å²) in [6.07, 6.45) is 3.37. The van der Waals surface area contributed by atoms with Gasteiger partial charge in [-0.3, -0.25) is 8.98 Å². The first-order valence-corrected chi connectivity index (χ1v) is 14.6. The summed E-state index contributed by atoms with van der Waals surface area (Å²) in [5, 5.41) is 11.6. The highest BCUT2D eigenvalue weighted by Gasteiger charge is 2.68. The van der Waals surface area contributed by atoms with Gasteiger partial charge in [-0.15, -0.1) is 6.58 Å². The van der Waals surface area contributed by atoms with Gasteiger partial charge in [0.25, 0.3) is 10.1 Å². The molecule has 8 atom stereocenters. The van der Waals surface area contributed by atoms with Crippen LogP contribution in [0.5, 0.6) is 0 Å². The SMILES string of the molecule is C=C[C@]1(C)C[C@@H](OC(=O)COS(=O)(=O)c2ccc(C)cc2)[C@]2(C)[C@H](C)CC[C@]3(CCC(=O)[C@H]32)[C@@H](C)[C@@H]1O. The van der Waals surface area contributed by atoms with Gasteiger partial charge in [-0.1, -0.05) is 51.5 Å². The van der Waals surface area contributed by atoms with E-state index >= 15 is 0 Å². The van der Waals surface area contributed by atoms with Gasteiger partial charge in [0.1, 0.15) is 11.9 Å². The summed E-state index contributed by atoms with van der Waals surface area (Å²) >= 11 is 0. The van der Waals surface area contributed by atoms with Crippen LogP contribution in [-0.4, -0.2) is 44.1 Å². The third-order valence-corrected chi connectivity index (χ3v) is 11.5. The van der Waals surface area contributed by atoms with E-state index in [1.165, 1.54) is 12.1 Å². The number of rotatable bonds is 6. The average molecular weight is 533 g/mol. The van der Waals surface area contributed by atoms with Crippen molar-refractivity contribution in [3.05, 3.63) is 42.5 Å². The molecule has 0 spiro atoms. The number of ketones is 1. The lowest BCUT2D eigenvalue weighted by Crippen LogP contribution is -2.63. The van der Waals surface area contributed by atoms with Crippen LogP contribution < -0.4 is 0 Å². The maximum atomic E-state index is 13.4. The van der Waals surface area contributed by atoms with Gasteiger partial charge < -0.3 is 9.84 Å². The molecule has 1 aromatic rings. The quantitative estimate of drug-likeness (QED) is 0.324. The molecule has 0 amide bonds. The van der Waals surface area contributed by atoms with Crippen molar-refractivity contribution in [1.82, 2.24) is 0 Å². The van der Waals surface area contributed by atoms with E-state index in [1.54, 1.807) is 18.2 Å². The van der Waals surface area contributed by atoms with Crippen molar-refractivity contribution in [2.24, 2.45) is 34.0 Å². The van der Waals surface area contributed by atoms with Crippen LogP contribution in [0.25, 0.3) is 0 Å². The zero-order valence-corrected chi connectivity index (χ0v) is 23.3. The molecule has 3 aliphatic carbocycles. The molecule has 1 N–H and O–H groups in total. The maximum absolute atomic E-state index is 13.4. The number of aliphatic hydroxyl groups excluding tert-OH is 1. The molecule has 8 heteroatoms. The standard InChI is InChI=1S/C29H40O7S/c1-7-27(5)16-23(36-24(31)17-35-37(33,34)21-10-8-18(2)9-11-21)28(6)19(3)12-14-29(20(4)26(27)32)15-13-22(30)25(28)29/h7-11,19-20,23,25-26,32H,1,12-17H2,2-6H3/t19-,20+,23-,25+,26+,27-,28+,29+/m1/s1. The molecule has 0 saturated heterocycles. The number of hydrogen-bond acceptors (Lipinski definition) is 7. The van der Waals surface area contributed by atoms with Crippen LogP contribution in [0.15, 0.2) is 41.8 Å². The van der Waals surface area contributed by atoms with Crippen molar-refractivity contribution in [3.63, 3.8) is 0 Å². The zero-order chi connectivity index (χ0) is 27.4. The van der Waals surface area contributed by atoms with Crippen molar-refractivity contribution >= 4 is 21.9 Å². The fraction of sp³-hybridized carbons (Fsp3) is 0.655. The Kier molecular flexibility index (Phi) is 7.27. The Bertz CT molecular complexity index is 1180. The fourth-order valence-corrected chi connectivity index (χ4v) is 8.45. The van der Waals surface area contributed by atoms with Crippen LogP contribution in [0.2, 0.25) is 0 Å². The first-order chi connectivity index (χ1) is 17.2. The van der Waals surface area contributed by atoms with Crippen LogP contribution >= 0.6 is 0 Å². The van der Waals surface area contributed by atoms with E-state index in [2.05, 4.69) is 13.5 Å². The molecule has 0 unspecified atom stereocenters. The monoisotopic (exact) mass is 532 g/mol. The molecule has 2 bridgehead atoms. The molecule has 1 aromatic carbocycles. The first-order valence-electron chi connectivity index (χ1n) is 13.2. The smallest absolute Gasteiger partial charge is 0.333 e. The zero-order valence-electron chi connectivity index (χ0n) is 22.5. The minimum atomic E-state index is -4.15. The van der Waals surface area contributed by atoms with E-state index in [0.29, 0.717) is 12.8 Å². The lowest BCUT2D eigenvalue weighted by molar-refractivity contribution is -0.207. The minimum absolute atomic E-state index is 0.0394. The summed E-state index contributed by atoms with van der Waals surface area (Å²) in [7, 11) is -4.15. The van der Waals surface area contributed by atoms with E-state index in [4.69, 9.17) is 8.92 Å². The molecule has 3 aliphatic rings. The summed E-state index contributed by atoms with van der Waals surface area (Å²) in [6, 6.07) is 6.17. The summed E-state index contributed by atoms with van der Waals surface area (Å²) < 4.78 is 36.3. The summed E-state index contributed by atoms with van der Waals surface area (Å²) in [5.41, 5.74) is -0.910. The number of carbonyl (C=O) groups is 2. The lowest BCUT2D eigenvalue weighted by Gasteiger charge is -2.61. The second-order valence-corrected chi connectivity index (χ2v) is 13.7. The van der Waals surface area contributed by atoms with E-state index in [1.807, 2.05) is 27.7 Å². The van der Waals surface area contributed by atoms with E-state index < -0.39 is 45.7 Å². The number of esters is 1. The number of aryl methyl sites for hydroxylation is 1. The van der Waals surface area contributed by atoms with Gasteiger partial charge in [-0.25, -0.2) is 4.79 Å². The molecule has 3 saturated carbocycles. The number of carbonyl (C=O) groups excluding carboxylic acids is 2. The highest BCUT2D eigenvalue weighted by Crippen LogP contribution is 2.68. The average Bonchev–Trinajstić information content (AvgIpc) is 3.21. The summed E-state index contributed by atoms with van der Waals surface area (Å²) in [6.45, 7) is 13.2. The van der Waals surface area contributed by atoms with Crippen molar-refractivity contribution in [2.75, 3.05) is 6.61 Å². The van der Waals surface area contributed by atoms with Gasteiger partial charge in [0.15, 0.2) is 6.61 Å². The predicted octanol–water partition coefficient (Wildman–Crippen LogP) is 4.61. The molecule has 37 heavy (non-hydrogen) atoms. The molecule has 0 heterocycles. The summed E-state index contributed by atoms with van der Waals surface area (Å²) in [5.74, 6) is -1.05. The van der Waals surface area contributed by atoms with Crippen LogP contribution in [0, 0.1) is 40.9 Å². The van der Waals surface area contributed by atoms with Gasteiger partial charge >= 0.3 is 5.97 Å². The molecular weight excluding hydrogens is 492 g/mol. The Morgan fingerprint density at radius 3 is 2.46 bits per heavy atom. The fourth-order valence-electron chi connectivity index (χ4n) is 7.59. The van der Waals surface area contributed by atoms with Crippen molar-refractivity contribution < 1.29 is 32.0 Å². The normalized spacial score (nSPS) is 39.8. The van der Waals surface area contributed by atoms with Crippen LogP contribution in [0.3, 0.4) is 0 Å². The predicted molar refractivity (Wildman–Crippen MR) is 139 cm³/mol. The molecule has 4 rings (SSSR count). The number of benzene rings is 1. The minimum Gasteiger partial charge on any atom is -0.460 e. The van der Waals surface area contributed by atoms with Gasteiger partial charge in [-0.05, 0) is 62.0 Å². The highest BCUT2D eigenvalue weighted by atomic mass is 32.2. The Hall–Kier alpha value is -2.03. The van der Waals surface area contributed by atoms with E-state index in [0.717, 1.165) is 18.4 Å². The second-order valence-electron chi connectivity index (χ2n) is 12.1. The van der Waals surface area contributed by atoms with Gasteiger partial charge in [0.05, 0.1) is 11.0 Å². The molecular formula is C29H40O7S. The van der Waals surface area contributed by atoms with Crippen LogP contribution in [0.1, 0.15) is 65.4 Å². The molecule has 7 nitrogen and oxygen atoms in total. The number of Topliss-reactive ketones (excluding diaryl/α,β-unsaturated/α-hetero) is 1. The summed E-state index contributed by atoms with van der Waals surface area (Å²) in [4.78, 5) is 26.5. The largest absolute Gasteiger partial charge is 0.460 e. The van der Waals surface area contributed by atoms with Crippen molar-refractivity contribution in [1.29, 1.82) is 0 Å². The van der Waals surface area contributed by atoms with Crippen molar-refractivity contribution in [2.45, 2.75) is 83.8 Å². The highest BCUT2D eigenvalue weighted by molar-refractivity contribution is 7.86. The van der Waals surface area contributed by atoms with E-state index in [-0.39, 0.29) is 40.3 Å². The number of hydrogen-bond donors (Lipinski definition) is 1. The first kappa shape index (κ1) is 28.0. The Labute approximate surface area is 220 Å². The van der Waals surface area contributed by atoms with Crippen LogP contribution in [0.4, 0.5) is 0 Å². The molecule has 3 fully saturated rings. The van der Waals surface area contributed by atoms with Gasteiger partial charge in [0, 0.05) is 23.2 Å². The van der Waals surface area contributed by atoms with Crippen LogP contribution in [-0.2, 0) is 28.6 Å². The van der Waals surface area contributed by atoms with Gasteiger partial charge in [0.2, 0.25) is 0 Å². The maximum Gasteiger partial charge on any atom is 0.333 e. The van der Waals surface area contributed by atoms with Crippen molar-refractivity contribution in [3.8, 4) is 0 Å². The lowest BCUT2D eigenvalue weighted by atomic mass is 9.44. The molecule has 204 valence electrons. The topological polar surface area (TPSA) is 107 Å². The Balaban J connectivity index is 1.65. The number of aliphatic hydroxyl groups is 1. The van der Waals surface area contributed by atoms with Gasteiger partial charge in [-0.2, -0.15) is 8.42 Å². The molecule has 0 radical (unpaired) electrons. The third kappa shape index (κ3) is 4.49. The second kappa shape index (κ2) is 9.62. The third-order valence-electron chi connectivity index (χ3n) is 10.2. The Morgan fingerprint density at radius 2 is 1.84 bits per heavy atom. The Morgan fingerprint density at radius 1 is 1.19 bits per heavy atom. The van der Waals surface area contributed by atoms with E-state index in [9.17, 15) is 23.1 Å². The molecule has 0 aromatic heterocycles. The number of ether oxygens (including phenoxy) is 1. The molecule has 0 aliphatic heterocycles.